The predicted octanol–water partition coefficient (Wildman–Crippen LogP) is 3.94. The Morgan fingerprint density at radius 3 is 2.73 bits per heavy atom. The van der Waals surface area contributed by atoms with Crippen molar-refractivity contribution in [1.82, 2.24) is 14.5 Å². The molecule has 0 saturated heterocycles. The molecule has 0 bridgehead atoms. The molecule has 1 saturated carbocycles. The molecule has 3 aliphatic carbocycles. The topological polar surface area (TPSA) is 88.2 Å². The van der Waals surface area contributed by atoms with Crippen molar-refractivity contribution in [2.45, 2.75) is 70.1 Å². The van der Waals surface area contributed by atoms with Gasteiger partial charge < -0.3 is 10.2 Å². The Balaban J connectivity index is 1.54. The van der Waals surface area contributed by atoms with E-state index in [9.17, 15) is 15.0 Å². The number of pyridine rings is 1. The average molecular weight is 446 g/mol. The van der Waals surface area contributed by atoms with Crippen LogP contribution in [0, 0.1) is 5.92 Å². The van der Waals surface area contributed by atoms with Crippen LogP contribution < -0.4 is 5.56 Å². The first kappa shape index (κ1) is 22.0. The third kappa shape index (κ3) is 4.13. The molecule has 2 aromatic rings. The lowest BCUT2D eigenvalue weighted by Crippen LogP contribution is -2.37. The van der Waals surface area contributed by atoms with E-state index in [1.807, 2.05) is 30.5 Å². The minimum absolute atomic E-state index is 0.0761. The molecule has 5 rings (SSSR count). The lowest BCUT2D eigenvalue weighted by Gasteiger charge is -2.32. The maximum atomic E-state index is 13.6. The summed E-state index contributed by atoms with van der Waals surface area (Å²) in [6.07, 6.45) is 16.3. The molecule has 3 atom stereocenters. The second-order valence-corrected chi connectivity index (χ2v) is 9.98. The molecule has 0 aliphatic heterocycles. The zero-order valence-corrected chi connectivity index (χ0v) is 19.2. The van der Waals surface area contributed by atoms with Gasteiger partial charge in [-0.2, -0.15) is 0 Å². The number of allylic oxidation sites excluding steroid dienone is 5. The molecule has 2 aromatic heterocycles. The number of hydrogen-bond acceptors (Lipinski definition) is 5. The number of nitrogens with zero attached hydrogens (tertiary/aromatic N) is 3. The first-order valence-corrected chi connectivity index (χ1v) is 11.9. The van der Waals surface area contributed by atoms with Gasteiger partial charge in [-0.05, 0) is 62.8 Å². The Bertz CT molecular complexity index is 1200. The van der Waals surface area contributed by atoms with Crippen LogP contribution in [0.1, 0.15) is 74.5 Å². The summed E-state index contributed by atoms with van der Waals surface area (Å²) >= 11 is 0. The maximum absolute atomic E-state index is 13.6. The number of fused-ring (bicyclic) bond motifs is 3. The van der Waals surface area contributed by atoms with Crippen LogP contribution in [-0.4, -0.2) is 30.9 Å². The Hall–Kier alpha value is -2.83. The fourth-order valence-corrected chi connectivity index (χ4v) is 5.31. The number of hydrogen-bond donors (Lipinski definition) is 2. The first-order valence-electron chi connectivity index (χ1n) is 11.9. The molecular weight excluding hydrogens is 414 g/mol. The van der Waals surface area contributed by atoms with Gasteiger partial charge in [-0.1, -0.05) is 42.7 Å². The van der Waals surface area contributed by atoms with E-state index in [4.69, 9.17) is 4.98 Å². The lowest BCUT2D eigenvalue weighted by atomic mass is 9.76. The molecule has 1 unspecified atom stereocenters. The average Bonchev–Trinajstić information content (AvgIpc) is 2.80. The van der Waals surface area contributed by atoms with Crippen LogP contribution >= 0.6 is 0 Å². The van der Waals surface area contributed by atoms with Crippen molar-refractivity contribution in [2.75, 3.05) is 0 Å². The van der Waals surface area contributed by atoms with Gasteiger partial charge in [-0.15, -0.1) is 0 Å². The van der Waals surface area contributed by atoms with E-state index in [0.29, 0.717) is 17.7 Å². The molecule has 6 heteroatoms. The van der Waals surface area contributed by atoms with E-state index in [0.717, 1.165) is 54.5 Å². The molecular formula is C27H31N3O3. The van der Waals surface area contributed by atoms with Crippen LogP contribution in [0.3, 0.4) is 0 Å². The second-order valence-electron chi connectivity index (χ2n) is 9.98. The van der Waals surface area contributed by atoms with Gasteiger partial charge >= 0.3 is 0 Å². The van der Waals surface area contributed by atoms with Gasteiger partial charge in [-0.25, -0.2) is 4.98 Å². The Kier molecular flexibility index (Phi) is 5.67. The van der Waals surface area contributed by atoms with Gasteiger partial charge in [0.25, 0.3) is 5.56 Å². The van der Waals surface area contributed by atoms with Gasteiger partial charge in [0, 0.05) is 12.1 Å². The molecule has 0 aromatic carbocycles. The summed E-state index contributed by atoms with van der Waals surface area (Å²) in [6, 6.07) is 3.65. The molecule has 0 spiro atoms. The fourth-order valence-electron chi connectivity index (χ4n) is 5.31. The standard InChI is InChI=1S/C27H31N3O3/c1-27(2,33)24-12-11-17(15-28-24)13-18-14-21-25(20-8-4-3-7-19(18)20)29-16-30(26(21)32)22-9-5-6-10-23(22)31/h3-4,8,11-12,14-16,19,22-23,31,33H,5-7,9-10,13H2,1-2H3/t19?,22-,23-/m0/s1. The van der Waals surface area contributed by atoms with E-state index in [1.165, 1.54) is 0 Å². The Morgan fingerprint density at radius 1 is 1.18 bits per heavy atom. The summed E-state index contributed by atoms with van der Waals surface area (Å²) in [5, 5.41) is 20.7. The highest BCUT2D eigenvalue weighted by atomic mass is 16.3. The second kappa shape index (κ2) is 8.50. The molecule has 2 heterocycles. The molecule has 1 fully saturated rings. The molecule has 172 valence electrons. The Morgan fingerprint density at radius 2 is 2.00 bits per heavy atom. The smallest absolute Gasteiger partial charge is 0.261 e. The highest BCUT2D eigenvalue weighted by molar-refractivity contribution is 5.82. The van der Waals surface area contributed by atoms with Crippen molar-refractivity contribution < 1.29 is 10.2 Å². The molecule has 2 N–H and O–H groups in total. The van der Waals surface area contributed by atoms with Crippen molar-refractivity contribution in [1.29, 1.82) is 0 Å². The maximum Gasteiger partial charge on any atom is 0.261 e. The van der Waals surface area contributed by atoms with Crippen molar-refractivity contribution in [3.05, 3.63) is 81.3 Å². The third-order valence-electron chi connectivity index (χ3n) is 7.15. The van der Waals surface area contributed by atoms with Crippen LogP contribution in [0.5, 0.6) is 0 Å². The molecule has 0 radical (unpaired) electrons. The van der Waals surface area contributed by atoms with Crippen molar-refractivity contribution >= 4 is 11.6 Å². The molecule has 33 heavy (non-hydrogen) atoms. The zero-order chi connectivity index (χ0) is 23.2. The van der Waals surface area contributed by atoms with Gasteiger partial charge in [0.1, 0.15) is 5.60 Å². The number of aromatic nitrogens is 3. The monoisotopic (exact) mass is 445 g/mol. The van der Waals surface area contributed by atoms with E-state index in [1.54, 1.807) is 24.7 Å². The van der Waals surface area contributed by atoms with Gasteiger partial charge in [0.05, 0.1) is 35.4 Å². The lowest BCUT2D eigenvalue weighted by molar-refractivity contribution is 0.0730. The van der Waals surface area contributed by atoms with Gasteiger partial charge in [0.2, 0.25) is 0 Å². The third-order valence-corrected chi connectivity index (χ3v) is 7.15. The van der Waals surface area contributed by atoms with E-state index < -0.39 is 11.7 Å². The quantitative estimate of drug-likeness (QED) is 0.744. The zero-order valence-electron chi connectivity index (χ0n) is 19.2. The van der Waals surface area contributed by atoms with Crippen molar-refractivity contribution in [3.8, 4) is 0 Å². The van der Waals surface area contributed by atoms with Gasteiger partial charge in [-0.3, -0.25) is 14.3 Å². The van der Waals surface area contributed by atoms with Crippen LogP contribution in [0.4, 0.5) is 0 Å². The summed E-state index contributed by atoms with van der Waals surface area (Å²) in [6.45, 7) is 3.45. The predicted molar refractivity (Wildman–Crippen MR) is 128 cm³/mol. The first-order chi connectivity index (χ1) is 15.8. The SMILES string of the molecule is CC(C)(O)c1ccc(CC2=Cc3c(ncn([C@H]4CCCC[C@@H]4O)c3=O)C3=CC=CCC23)cn1. The van der Waals surface area contributed by atoms with Crippen LogP contribution in [0.15, 0.2) is 53.3 Å². The van der Waals surface area contributed by atoms with Crippen LogP contribution in [0.2, 0.25) is 0 Å². The molecule has 0 amide bonds. The minimum atomic E-state index is -0.980. The highest BCUT2D eigenvalue weighted by Crippen LogP contribution is 2.41. The van der Waals surface area contributed by atoms with E-state index in [-0.39, 0.29) is 17.5 Å². The van der Waals surface area contributed by atoms with Gasteiger partial charge in [0.15, 0.2) is 0 Å². The largest absolute Gasteiger partial charge is 0.391 e. The normalized spacial score (nSPS) is 24.5. The minimum Gasteiger partial charge on any atom is -0.391 e. The highest BCUT2D eigenvalue weighted by Gasteiger charge is 2.32. The fraction of sp³-hybridized carbons (Fsp3) is 0.444. The Labute approximate surface area is 194 Å². The number of aliphatic hydroxyl groups is 2. The summed E-state index contributed by atoms with van der Waals surface area (Å²) in [7, 11) is 0. The molecule has 6 nitrogen and oxygen atoms in total. The summed E-state index contributed by atoms with van der Waals surface area (Å²) < 4.78 is 1.65. The number of rotatable bonds is 4. The van der Waals surface area contributed by atoms with Crippen molar-refractivity contribution in [3.63, 3.8) is 0 Å². The summed E-state index contributed by atoms with van der Waals surface area (Å²) in [5.74, 6) is 0.180. The van der Waals surface area contributed by atoms with Crippen LogP contribution in [0.25, 0.3) is 11.6 Å². The van der Waals surface area contributed by atoms with Crippen LogP contribution in [-0.2, 0) is 12.0 Å². The molecule has 3 aliphatic rings. The summed E-state index contributed by atoms with van der Waals surface area (Å²) in [4.78, 5) is 22.7. The van der Waals surface area contributed by atoms with Crippen molar-refractivity contribution in [2.24, 2.45) is 5.92 Å². The van der Waals surface area contributed by atoms with E-state index >= 15 is 0 Å². The summed E-state index contributed by atoms with van der Waals surface area (Å²) in [5.41, 5.74) is 4.24. The number of aliphatic hydroxyl groups excluding tert-OH is 1. The van der Waals surface area contributed by atoms with E-state index in [2.05, 4.69) is 17.1 Å².